The van der Waals surface area contributed by atoms with Crippen molar-refractivity contribution in [2.24, 2.45) is 0 Å². The minimum atomic E-state index is -1.04. The zero-order chi connectivity index (χ0) is 16.1. The van der Waals surface area contributed by atoms with E-state index in [0.717, 1.165) is 0 Å². The molecular weight excluding hydrogens is 350 g/mol. The van der Waals surface area contributed by atoms with E-state index in [9.17, 15) is 9.59 Å². The highest BCUT2D eigenvalue weighted by Gasteiger charge is 2.10. The zero-order valence-electron chi connectivity index (χ0n) is 11.8. The Morgan fingerprint density at radius 1 is 1.18 bits per heavy atom. The second-order valence-corrected chi connectivity index (χ2v) is 5.27. The fourth-order valence-electron chi connectivity index (χ4n) is 1.85. The van der Waals surface area contributed by atoms with E-state index in [1.54, 1.807) is 30.3 Å². The van der Waals surface area contributed by atoms with Gasteiger partial charge in [-0.2, -0.15) is 0 Å². The first-order chi connectivity index (χ1) is 10.5. The molecule has 0 heterocycles. The predicted octanol–water partition coefficient (Wildman–Crippen LogP) is 3.80. The normalized spacial score (nSPS) is 10.1. The Morgan fingerprint density at radius 2 is 1.95 bits per heavy atom. The fourth-order valence-corrected chi connectivity index (χ4v) is 2.34. The molecule has 0 radical (unpaired) electrons. The van der Waals surface area contributed by atoms with E-state index >= 15 is 0 Å². The van der Waals surface area contributed by atoms with Crippen molar-refractivity contribution in [3.05, 3.63) is 58.1 Å². The molecule has 0 aliphatic carbocycles. The van der Waals surface area contributed by atoms with Crippen molar-refractivity contribution in [1.29, 1.82) is 0 Å². The summed E-state index contributed by atoms with van der Waals surface area (Å²) in [4.78, 5) is 23.1. The maximum atomic E-state index is 12.2. The van der Waals surface area contributed by atoms with Crippen LogP contribution in [0.3, 0.4) is 0 Å². The lowest BCUT2D eigenvalue weighted by Crippen LogP contribution is -2.12. The lowest BCUT2D eigenvalue weighted by atomic mass is 10.1. The van der Waals surface area contributed by atoms with E-state index in [1.807, 2.05) is 6.92 Å². The first-order valence-electron chi connectivity index (χ1n) is 6.58. The molecule has 2 N–H and O–H groups in total. The molecule has 22 heavy (non-hydrogen) atoms. The van der Waals surface area contributed by atoms with Crippen LogP contribution in [-0.2, 0) is 0 Å². The van der Waals surface area contributed by atoms with E-state index in [4.69, 9.17) is 9.84 Å². The number of carboxylic acids is 1. The highest BCUT2D eigenvalue weighted by molar-refractivity contribution is 9.10. The number of hydrogen-bond donors (Lipinski definition) is 2. The van der Waals surface area contributed by atoms with E-state index in [-0.39, 0.29) is 11.5 Å². The number of halogens is 1. The number of hydrogen-bond acceptors (Lipinski definition) is 3. The first kappa shape index (κ1) is 16.0. The summed E-state index contributed by atoms with van der Waals surface area (Å²) in [5.74, 6) is -0.710. The number of carbonyl (C=O) groups excluding carboxylic acids is 1. The molecule has 0 aliphatic heterocycles. The van der Waals surface area contributed by atoms with Gasteiger partial charge < -0.3 is 15.2 Å². The molecule has 2 rings (SSSR count). The van der Waals surface area contributed by atoms with Crippen LogP contribution in [0.25, 0.3) is 0 Å². The number of carboxylic acid groups (broad SMARTS) is 1. The van der Waals surface area contributed by atoms with Crippen LogP contribution in [0.4, 0.5) is 5.69 Å². The Morgan fingerprint density at radius 3 is 2.59 bits per heavy atom. The van der Waals surface area contributed by atoms with Crippen LogP contribution in [0, 0.1) is 0 Å². The van der Waals surface area contributed by atoms with E-state index < -0.39 is 5.97 Å². The highest BCUT2D eigenvalue weighted by Crippen LogP contribution is 2.26. The Labute approximate surface area is 136 Å². The molecule has 1 amide bonds. The average Bonchev–Trinajstić information content (AvgIpc) is 2.49. The standard InChI is InChI=1S/C16H14BrNO4/c1-2-22-14-7-6-10(9-13(14)17)15(19)18-12-5-3-4-11(8-12)16(20)21/h3-9H,2H2,1H3,(H,18,19)(H,20,21). The molecule has 0 aromatic heterocycles. The third-order valence-corrected chi connectivity index (χ3v) is 3.48. The van der Waals surface area contributed by atoms with Crippen molar-refractivity contribution in [2.45, 2.75) is 6.92 Å². The van der Waals surface area contributed by atoms with Gasteiger partial charge in [-0.3, -0.25) is 4.79 Å². The number of amides is 1. The third kappa shape index (κ3) is 3.85. The molecule has 0 saturated heterocycles. The number of nitrogens with one attached hydrogen (secondary N) is 1. The molecule has 0 atom stereocenters. The summed E-state index contributed by atoms with van der Waals surface area (Å²) >= 11 is 3.35. The molecule has 2 aromatic carbocycles. The lowest BCUT2D eigenvalue weighted by molar-refractivity contribution is 0.0696. The largest absolute Gasteiger partial charge is 0.493 e. The molecule has 0 saturated carbocycles. The molecule has 0 bridgehead atoms. The van der Waals surface area contributed by atoms with Crippen LogP contribution in [0.5, 0.6) is 5.75 Å². The van der Waals surface area contributed by atoms with Crippen molar-refractivity contribution >= 4 is 33.5 Å². The van der Waals surface area contributed by atoms with Gasteiger partial charge in [0.05, 0.1) is 16.6 Å². The van der Waals surface area contributed by atoms with Gasteiger partial charge in [0.2, 0.25) is 0 Å². The van der Waals surface area contributed by atoms with Gasteiger partial charge in [-0.25, -0.2) is 4.79 Å². The second kappa shape index (κ2) is 7.09. The van der Waals surface area contributed by atoms with Crippen molar-refractivity contribution < 1.29 is 19.4 Å². The van der Waals surface area contributed by atoms with Crippen LogP contribution in [0.15, 0.2) is 46.9 Å². The van der Waals surface area contributed by atoms with Crippen LogP contribution >= 0.6 is 15.9 Å². The maximum absolute atomic E-state index is 12.2. The van der Waals surface area contributed by atoms with Gasteiger partial charge in [-0.05, 0) is 59.3 Å². The molecule has 6 heteroatoms. The van der Waals surface area contributed by atoms with E-state index in [2.05, 4.69) is 21.2 Å². The van der Waals surface area contributed by atoms with Crippen LogP contribution < -0.4 is 10.1 Å². The summed E-state index contributed by atoms with van der Waals surface area (Å²) in [5.41, 5.74) is 0.983. The first-order valence-corrected chi connectivity index (χ1v) is 7.37. The molecule has 0 aliphatic rings. The van der Waals surface area contributed by atoms with Gasteiger partial charge in [0.25, 0.3) is 5.91 Å². The predicted molar refractivity (Wildman–Crippen MR) is 86.7 cm³/mol. The summed E-state index contributed by atoms with van der Waals surface area (Å²) in [6, 6.07) is 11.1. The SMILES string of the molecule is CCOc1ccc(C(=O)Nc2cccc(C(=O)O)c2)cc1Br. The van der Waals surface area contributed by atoms with Crippen LogP contribution in [0.2, 0.25) is 0 Å². The van der Waals surface area contributed by atoms with Crippen molar-refractivity contribution in [3.63, 3.8) is 0 Å². The summed E-state index contributed by atoms with van der Waals surface area (Å²) in [6.07, 6.45) is 0. The van der Waals surface area contributed by atoms with Crippen LogP contribution in [0.1, 0.15) is 27.6 Å². The number of benzene rings is 2. The Balaban J connectivity index is 2.17. The Kier molecular flexibility index (Phi) is 5.16. The average molecular weight is 364 g/mol. The number of rotatable bonds is 5. The number of anilines is 1. The summed E-state index contributed by atoms with van der Waals surface area (Å²) in [5, 5.41) is 11.6. The minimum Gasteiger partial charge on any atom is -0.493 e. The van der Waals surface area contributed by atoms with E-state index in [1.165, 1.54) is 12.1 Å². The van der Waals surface area contributed by atoms with E-state index in [0.29, 0.717) is 28.1 Å². The van der Waals surface area contributed by atoms with Crippen molar-refractivity contribution in [1.82, 2.24) is 0 Å². The van der Waals surface area contributed by atoms with Gasteiger partial charge in [0, 0.05) is 11.3 Å². The molecule has 114 valence electrons. The minimum absolute atomic E-state index is 0.116. The van der Waals surface area contributed by atoms with Crippen LogP contribution in [-0.4, -0.2) is 23.6 Å². The number of aromatic carboxylic acids is 1. The quantitative estimate of drug-likeness (QED) is 0.846. The molecule has 0 fully saturated rings. The van der Waals surface area contributed by atoms with Crippen molar-refractivity contribution in [2.75, 3.05) is 11.9 Å². The van der Waals surface area contributed by atoms with Gasteiger partial charge in [0.1, 0.15) is 5.75 Å². The summed E-state index contributed by atoms with van der Waals surface area (Å²) < 4.78 is 6.07. The smallest absolute Gasteiger partial charge is 0.335 e. The monoisotopic (exact) mass is 363 g/mol. The molecule has 2 aromatic rings. The summed E-state index contributed by atoms with van der Waals surface area (Å²) in [7, 11) is 0. The van der Waals surface area contributed by atoms with Gasteiger partial charge in [-0.15, -0.1) is 0 Å². The maximum Gasteiger partial charge on any atom is 0.335 e. The molecular formula is C16H14BrNO4. The summed E-state index contributed by atoms with van der Waals surface area (Å²) in [6.45, 7) is 2.41. The second-order valence-electron chi connectivity index (χ2n) is 4.42. The topological polar surface area (TPSA) is 75.6 Å². The fraction of sp³-hybridized carbons (Fsp3) is 0.125. The van der Waals surface area contributed by atoms with Gasteiger partial charge in [-0.1, -0.05) is 6.07 Å². The highest BCUT2D eigenvalue weighted by atomic mass is 79.9. The lowest BCUT2D eigenvalue weighted by Gasteiger charge is -2.09. The third-order valence-electron chi connectivity index (χ3n) is 2.86. The Bertz CT molecular complexity index is 715. The molecule has 5 nitrogen and oxygen atoms in total. The van der Waals surface area contributed by atoms with Gasteiger partial charge in [0.15, 0.2) is 0 Å². The van der Waals surface area contributed by atoms with Crippen molar-refractivity contribution in [3.8, 4) is 5.75 Å². The molecule has 0 spiro atoms. The number of ether oxygens (including phenoxy) is 1. The molecule has 0 unspecified atom stereocenters. The Hall–Kier alpha value is -2.34. The zero-order valence-corrected chi connectivity index (χ0v) is 13.4. The van der Waals surface area contributed by atoms with Gasteiger partial charge >= 0.3 is 5.97 Å². The number of carbonyl (C=O) groups is 2.